The first-order valence-electron chi connectivity index (χ1n) is 4.20. The van der Waals surface area contributed by atoms with Crippen LogP contribution in [-0.4, -0.2) is 28.1 Å². The van der Waals surface area contributed by atoms with Crippen molar-refractivity contribution in [3.63, 3.8) is 0 Å². The molecule has 1 unspecified atom stereocenters. The second kappa shape index (κ2) is 2.80. The van der Waals surface area contributed by atoms with Gasteiger partial charge in [0.2, 0.25) is 0 Å². The number of carboxylic acid groups (broad SMARTS) is 1. The molecule has 0 aromatic heterocycles. The number of carbonyl (C=O) groups excluding carboxylic acids is 1. The highest BCUT2D eigenvalue weighted by Gasteiger charge is 2.46. The number of aliphatic carboxylic acids is 1. The Labute approximate surface area is 76.9 Å². The minimum atomic E-state index is -1.35. The number of rotatable bonds is 1. The molecule has 0 amide bonds. The normalized spacial score (nSPS) is 33.0. The molecule has 1 N–H and O–H groups in total. The summed E-state index contributed by atoms with van der Waals surface area (Å²) in [6.07, 6.45) is 0.252. The molecular formula is C9H14O4. The molecule has 0 bridgehead atoms. The number of hydrogen-bond donors (Lipinski definition) is 1. The Morgan fingerprint density at radius 3 is 2.31 bits per heavy atom. The van der Waals surface area contributed by atoms with Crippen LogP contribution in [0.4, 0.5) is 0 Å². The van der Waals surface area contributed by atoms with Crippen molar-refractivity contribution in [3.8, 4) is 0 Å². The van der Waals surface area contributed by atoms with Crippen LogP contribution in [0.3, 0.4) is 0 Å². The summed E-state index contributed by atoms with van der Waals surface area (Å²) >= 11 is 0. The van der Waals surface area contributed by atoms with Crippen LogP contribution < -0.4 is 0 Å². The molecule has 13 heavy (non-hydrogen) atoms. The molecule has 0 aliphatic carbocycles. The van der Waals surface area contributed by atoms with Gasteiger partial charge in [-0.25, -0.2) is 4.79 Å². The predicted octanol–water partition coefficient (Wildman–Crippen LogP) is 0.988. The molecule has 1 aliphatic heterocycles. The van der Waals surface area contributed by atoms with Crippen molar-refractivity contribution in [2.75, 3.05) is 0 Å². The SMILES string of the molecule is CC1(C)CC(=O)CC(C)(C(=O)O)O1. The summed E-state index contributed by atoms with van der Waals surface area (Å²) in [5.41, 5.74) is -2.01. The minimum Gasteiger partial charge on any atom is -0.479 e. The van der Waals surface area contributed by atoms with E-state index in [1.54, 1.807) is 13.8 Å². The van der Waals surface area contributed by atoms with Crippen LogP contribution in [-0.2, 0) is 14.3 Å². The maximum absolute atomic E-state index is 11.3. The maximum atomic E-state index is 11.3. The quantitative estimate of drug-likeness (QED) is 0.663. The predicted molar refractivity (Wildman–Crippen MR) is 45.4 cm³/mol. The van der Waals surface area contributed by atoms with E-state index in [0.29, 0.717) is 0 Å². The van der Waals surface area contributed by atoms with Gasteiger partial charge in [0.05, 0.1) is 5.60 Å². The lowest BCUT2D eigenvalue weighted by atomic mass is 9.87. The van der Waals surface area contributed by atoms with Gasteiger partial charge in [-0.3, -0.25) is 4.79 Å². The summed E-state index contributed by atoms with van der Waals surface area (Å²) < 4.78 is 5.37. The Balaban J connectivity index is 2.91. The molecule has 4 heteroatoms. The lowest BCUT2D eigenvalue weighted by molar-refractivity contribution is -0.197. The molecular weight excluding hydrogens is 172 g/mol. The molecule has 1 heterocycles. The molecule has 74 valence electrons. The summed E-state index contributed by atoms with van der Waals surface area (Å²) in [5.74, 6) is -1.13. The molecule has 0 spiro atoms. The van der Waals surface area contributed by atoms with Crippen LogP contribution in [0.5, 0.6) is 0 Å². The first-order chi connectivity index (χ1) is 5.75. The lowest BCUT2D eigenvalue weighted by Gasteiger charge is -2.39. The van der Waals surface area contributed by atoms with Gasteiger partial charge in [0.1, 0.15) is 5.78 Å². The standard InChI is InChI=1S/C9H14O4/c1-8(2)4-6(10)5-9(3,13-8)7(11)12/h4-5H2,1-3H3,(H,11,12). The van der Waals surface area contributed by atoms with E-state index < -0.39 is 17.2 Å². The lowest BCUT2D eigenvalue weighted by Crippen LogP contribution is -2.51. The molecule has 0 saturated carbocycles. The van der Waals surface area contributed by atoms with Crippen molar-refractivity contribution < 1.29 is 19.4 Å². The topological polar surface area (TPSA) is 63.6 Å². The van der Waals surface area contributed by atoms with Crippen LogP contribution in [0, 0.1) is 0 Å². The van der Waals surface area contributed by atoms with Crippen molar-refractivity contribution in [1.82, 2.24) is 0 Å². The van der Waals surface area contributed by atoms with Gasteiger partial charge in [0.25, 0.3) is 0 Å². The zero-order valence-corrected chi connectivity index (χ0v) is 8.09. The van der Waals surface area contributed by atoms with Gasteiger partial charge in [0.15, 0.2) is 5.60 Å². The monoisotopic (exact) mass is 186 g/mol. The van der Waals surface area contributed by atoms with Gasteiger partial charge in [0, 0.05) is 12.8 Å². The fourth-order valence-corrected chi connectivity index (χ4v) is 1.71. The summed E-state index contributed by atoms with van der Waals surface area (Å²) in [4.78, 5) is 22.1. The van der Waals surface area contributed by atoms with Crippen molar-refractivity contribution in [2.45, 2.75) is 44.8 Å². The van der Waals surface area contributed by atoms with Crippen LogP contribution in [0.1, 0.15) is 33.6 Å². The van der Waals surface area contributed by atoms with Crippen LogP contribution in [0.2, 0.25) is 0 Å². The van der Waals surface area contributed by atoms with Gasteiger partial charge >= 0.3 is 5.97 Å². The summed E-state index contributed by atoms with van der Waals surface area (Å²) in [5, 5.41) is 8.87. The van der Waals surface area contributed by atoms with Crippen molar-refractivity contribution in [1.29, 1.82) is 0 Å². The van der Waals surface area contributed by atoms with Crippen molar-refractivity contribution in [3.05, 3.63) is 0 Å². The third-order valence-corrected chi connectivity index (χ3v) is 2.11. The summed E-state index contributed by atoms with van der Waals surface area (Å²) in [6.45, 7) is 4.89. The van der Waals surface area contributed by atoms with E-state index >= 15 is 0 Å². The van der Waals surface area contributed by atoms with E-state index in [0.717, 1.165) is 0 Å². The Kier molecular flexibility index (Phi) is 2.20. The highest BCUT2D eigenvalue weighted by atomic mass is 16.5. The fourth-order valence-electron chi connectivity index (χ4n) is 1.71. The Hall–Kier alpha value is -0.900. The molecule has 1 aliphatic rings. The van der Waals surface area contributed by atoms with Crippen LogP contribution in [0.25, 0.3) is 0 Å². The number of hydrogen-bond acceptors (Lipinski definition) is 3. The van der Waals surface area contributed by atoms with Gasteiger partial charge in [-0.1, -0.05) is 0 Å². The average molecular weight is 186 g/mol. The Morgan fingerprint density at radius 2 is 1.92 bits per heavy atom. The third kappa shape index (κ3) is 2.06. The van der Waals surface area contributed by atoms with E-state index in [4.69, 9.17) is 9.84 Å². The highest BCUT2D eigenvalue weighted by molar-refractivity contribution is 5.89. The molecule has 1 fully saturated rings. The second-order valence-electron chi connectivity index (χ2n) is 4.29. The number of carboxylic acids is 1. The zero-order valence-electron chi connectivity index (χ0n) is 8.09. The molecule has 0 radical (unpaired) electrons. The summed E-state index contributed by atoms with van der Waals surface area (Å²) in [6, 6.07) is 0. The van der Waals surface area contributed by atoms with Gasteiger partial charge in [-0.15, -0.1) is 0 Å². The smallest absolute Gasteiger partial charge is 0.336 e. The largest absolute Gasteiger partial charge is 0.479 e. The molecule has 1 rings (SSSR count). The highest BCUT2D eigenvalue weighted by Crippen LogP contribution is 2.33. The number of ketones is 1. The van der Waals surface area contributed by atoms with E-state index in [9.17, 15) is 9.59 Å². The molecule has 4 nitrogen and oxygen atoms in total. The number of ether oxygens (including phenoxy) is 1. The van der Waals surface area contributed by atoms with E-state index in [1.165, 1.54) is 6.92 Å². The van der Waals surface area contributed by atoms with Gasteiger partial charge in [-0.2, -0.15) is 0 Å². The van der Waals surface area contributed by atoms with Gasteiger partial charge in [-0.05, 0) is 20.8 Å². The molecule has 0 aromatic rings. The average Bonchev–Trinajstić information content (AvgIpc) is 1.79. The fraction of sp³-hybridized carbons (Fsp3) is 0.778. The van der Waals surface area contributed by atoms with Crippen LogP contribution >= 0.6 is 0 Å². The van der Waals surface area contributed by atoms with Crippen molar-refractivity contribution >= 4 is 11.8 Å². The molecule has 1 saturated heterocycles. The zero-order chi connectivity index (χ0) is 10.3. The van der Waals surface area contributed by atoms with Gasteiger partial charge < -0.3 is 9.84 Å². The summed E-state index contributed by atoms with van der Waals surface area (Å²) in [7, 11) is 0. The van der Waals surface area contributed by atoms with E-state index in [1.807, 2.05) is 0 Å². The van der Waals surface area contributed by atoms with E-state index in [2.05, 4.69) is 0 Å². The number of Topliss-reactive ketones (excluding diaryl/α,β-unsaturated/α-hetero) is 1. The van der Waals surface area contributed by atoms with Crippen LogP contribution in [0.15, 0.2) is 0 Å². The number of carbonyl (C=O) groups is 2. The molecule has 0 aromatic carbocycles. The second-order valence-corrected chi connectivity index (χ2v) is 4.29. The maximum Gasteiger partial charge on any atom is 0.336 e. The van der Waals surface area contributed by atoms with E-state index in [-0.39, 0.29) is 18.6 Å². The molecule has 1 atom stereocenters. The first-order valence-corrected chi connectivity index (χ1v) is 4.20. The third-order valence-electron chi connectivity index (χ3n) is 2.11. The Bertz CT molecular complexity index is 256. The minimum absolute atomic E-state index is 0.0359. The Morgan fingerprint density at radius 1 is 1.38 bits per heavy atom. The first kappa shape index (κ1) is 10.2. The van der Waals surface area contributed by atoms with Crippen molar-refractivity contribution in [2.24, 2.45) is 0 Å².